The van der Waals surface area contributed by atoms with Crippen molar-refractivity contribution in [1.82, 2.24) is 10.2 Å². The van der Waals surface area contributed by atoms with E-state index in [2.05, 4.69) is 5.32 Å². The quantitative estimate of drug-likeness (QED) is 0.861. The molecule has 1 saturated heterocycles. The van der Waals surface area contributed by atoms with Gasteiger partial charge in [-0.3, -0.25) is 4.79 Å². The molecule has 2 unspecified atom stereocenters. The number of amides is 1. The van der Waals surface area contributed by atoms with Gasteiger partial charge in [-0.1, -0.05) is 23.2 Å². The van der Waals surface area contributed by atoms with Crippen molar-refractivity contribution in [2.24, 2.45) is 0 Å². The molecule has 3 nitrogen and oxygen atoms in total. The summed E-state index contributed by atoms with van der Waals surface area (Å²) in [6, 6.07) is 5.31. The molecule has 0 aromatic heterocycles. The average Bonchev–Trinajstić information content (AvgIpc) is 2.28. The second-order valence-electron chi connectivity index (χ2n) is 4.69. The number of hydrogen-bond acceptors (Lipinski definition) is 2. The van der Waals surface area contributed by atoms with Crippen LogP contribution in [0.2, 0.25) is 10.0 Å². The zero-order chi connectivity index (χ0) is 13.3. The highest BCUT2D eigenvalue weighted by atomic mass is 35.5. The Morgan fingerprint density at radius 1 is 1.28 bits per heavy atom. The molecular formula is C13H16Cl2N2O. The molecule has 18 heavy (non-hydrogen) atoms. The van der Waals surface area contributed by atoms with Gasteiger partial charge >= 0.3 is 0 Å². The van der Waals surface area contributed by atoms with Crippen LogP contribution in [0.15, 0.2) is 18.2 Å². The number of halogens is 2. The number of piperazine rings is 1. The first-order valence-electron chi connectivity index (χ1n) is 5.99. The fourth-order valence-electron chi connectivity index (χ4n) is 2.33. The van der Waals surface area contributed by atoms with E-state index in [1.807, 2.05) is 18.7 Å². The molecule has 1 aromatic rings. The lowest BCUT2D eigenvalue weighted by atomic mass is 10.1. The molecule has 1 aliphatic heterocycles. The Hall–Kier alpha value is -0.770. The number of carbonyl (C=O) groups excluding carboxylic acids is 1. The largest absolute Gasteiger partial charge is 0.331 e. The summed E-state index contributed by atoms with van der Waals surface area (Å²) in [4.78, 5) is 14.4. The van der Waals surface area contributed by atoms with Crippen LogP contribution in [0.25, 0.3) is 0 Å². The molecule has 1 aromatic carbocycles. The summed E-state index contributed by atoms with van der Waals surface area (Å²) in [6.07, 6.45) is 0. The molecule has 0 bridgehead atoms. The molecule has 98 valence electrons. The van der Waals surface area contributed by atoms with Crippen molar-refractivity contribution in [3.63, 3.8) is 0 Å². The van der Waals surface area contributed by atoms with Crippen LogP contribution in [-0.2, 0) is 0 Å². The number of hydrogen-bond donors (Lipinski definition) is 1. The average molecular weight is 287 g/mol. The van der Waals surface area contributed by atoms with Gasteiger partial charge in [0, 0.05) is 30.2 Å². The van der Waals surface area contributed by atoms with Crippen LogP contribution < -0.4 is 5.32 Å². The Labute approximate surface area is 117 Å². The normalized spacial score (nSPS) is 24.1. The molecule has 0 saturated carbocycles. The van der Waals surface area contributed by atoms with Crippen molar-refractivity contribution in [3.8, 4) is 0 Å². The SMILES string of the molecule is CC1CNCC(C)N1C(=O)c1ccc(Cl)cc1Cl. The number of benzene rings is 1. The Bertz CT molecular complexity index is 454. The summed E-state index contributed by atoms with van der Waals surface area (Å²) < 4.78 is 0. The van der Waals surface area contributed by atoms with Crippen LogP contribution in [0.4, 0.5) is 0 Å². The van der Waals surface area contributed by atoms with Gasteiger partial charge in [-0.05, 0) is 32.0 Å². The van der Waals surface area contributed by atoms with Crippen LogP contribution in [0.3, 0.4) is 0 Å². The Balaban J connectivity index is 2.29. The number of rotatable bonds is 1. The van der Waals surface area contributed by atoms with Crippen molar-refractivity contribution in [1.29, 1.82) is 0 Å². The van der Waals surface area contributed by atoms with E-state index in [-0.39, 0.29) is 18.0 Å². The van der Waals surface area contributed by atoms with E-state index in [4.69, 9.17) is 23.2 Å². The molecule has 1 heterocycles. The smallest absolute Gasteiger partial charge is 0.255 e. The van der Waals surface area contributed by atoms with Gasteiger partial charge in [-0.15, -0.1) is 0 Å². The fraction of sp³-hybridized carbons (Fsp3) is 0.462. The van der Waals surface area contributed by atoms with E-state index in [0.29, 0.717) is 15.6 Å². The molecule has 2 rings (SSSR count). The van der Waals surface area contributed by atoms with Crippen LogP contribution in [0.1, 0.15) is 24.2 Å². The summed E-state index contributed by atoms with van der Waals surface area (Å²) >= 11 is 11.9. The standard InChI is InChI=1S/C13H16Cl2N2O/c1-8-6-16-7-9(2)17(8)13(18)11-4-3-10(14)5-12(11)15/h3-5,8-9,16H,6-7H2,1-2H3. The van der Waals surface area contributed by atoms with Crippen molar-refractivity contribution in [2.75, 3.05) is 13.1 Å². The lowest BCUT2D eigenvalue weighted by molar-refractivity contribution is 0.0544. The Morgan fingerprint density at radius 2 is 1.89 bits per heavy atom. The molecule has 0 spiro atoms. The second kappa shape index (κ2) is 5.47. The maximum atomic E-state index is 12.5. The van der Waals surface area contributed by atoms with E-state index in [9.17, 15) is 4.79 Å². The molecule has 1 fully saturated rings. The third-order valence-electron chi connectivity index (χ3n) is 3.23. The van der Waals surface area contributed by atoms with Gasteiger partial charge in [0.1, 0.15) is 0 Å². The lowest BCUT2D eigenvalue weighted by Gasteiger charge is -2.39. The summed E-state index contributed by atoms with van der Waals surface area (Å²) in [5.41, 5.74) is 0.515. The third-order valence-corrected chi connectivity index (χ3v) is 3.77. The second-order valence-corrected chi connectivity index (χ2v) is 5.54. The van der Waals surface area contributed by atoms with Crippen molar-refractivity contribution in [2.45, 2.75) is 25.9 Å². The van der Waals surface area contributed by atoms with E-state index in [0.717, 1.165) is 13.1 Å². The number of nitrogens with zero attached hydrogens (tertiary/aromatic N) is 1. The van der Waals surface area contributed by atoms with Gasteiger partial charge in [0.15, 0.2) is 0 Å². The number of carbonyl (C=O) groups is 1. The highest BCUT2D eigenvalue weighted by Gasteiger charge is 2.30. The van der Waals surface area contributed by atoms with Gasteiger partial charge in [-0.25, -0.2) is 0 Å². The molecule has 0 radical (unpaired) electrons. The van der Waals surface area contributed by atoms with Gasteiger partial charge in [0.05, 0.1) is 10.6 Å². The molecule has 1 N–H and O–H groups in total. The topological polar surface area (TPSA) is 32.3 Å². The predicted octanol–water partition coefficient (Wildman–Crippen LogP) is 2.82. The molecule has 1 aliphatic rings. The van der Waals surface area contributed by atoms with E-state index < -0.39 is 0 Å². The van der Waals surface area contributed by atoms with E-state index in [1.165, 1.54) is 0 Å². The van der Waals surface area contributed by atoms with Crippen LogP contribution in [-0.4, -0.2) is 36.0 Å². The molecular weight excluding hydrogens is 271 g/mol. The van der Waals surface area contributed by atoms with Crippen molar-refractivity contribution < 1.29 is 4.79 Å². The summed E-state index contributed by atoms with van der Waals surface area (Å²) in [6.45, 7) is 5.68. The van der Waals surface area contributed by atoms with Crippen molar-refractivity contribution >= 4 is 29.1 Å². The van der Waals surface area contributed by atoms with E-state index >= 15 is 0 Å². The molecule has 1 amide bonds. The Kier molecular flexibility index (Phi) is 4.15. The van der Waals surface area contributed by atoms with Gasteiger partial charge in [-0.2, -0.15) is 0 Å². The van der Waals surface area contributed by atoms with Gasteiger partial charge < -0.3 is 10.2 Å². The van der Waals surface area contributed by atoms with E-state index in [1.54, 1.807) is 18.2 Å². The fourth-order valence-corrected chi connectivity index (χ4v) is 2.82. The molecule has 5 heteroatoms. The maximum absolute atomic E-state index is 12.5. The first-order valence-corrected chi connectivity index (χ1v) is 6.74. The first-order chi connectivity index (χ1) is 8.50. The summed E-state index contributed by atoms with van der Waals surface area (Å²) in [5.74, 6) is -0.0295. The zero-order valence-corrected chi connectivity index (χ0v) is 11.9. The summed E-state index contributed by atoms with van der Waals surface area (Å²) in [5, 5.41) is 4.24. The predicted molar refractivity (Wildman–Crippen MR) is 74.4 cm³/mol. The lowest BCUT2D eigenvalue weighted by Crippen LogP contribution is -2.57. The Morgan fingerprint density at radius 3 is 2.44 bits per heavy atom. The minimum absolute atomic E-state index is 0.0295. The summed E-state index contributed by atoms with van der Waals surface area (Å²) in [7, 11) is 0. The van der Waals surface area contributed by atoms with Crippen molar-refractivity contribution in [3.05, 3.63) is 33.8 Å². The first kappa shape index (κ1) is 13.7. The van der Waals surface area contributed by atoms with Crippen LogP contribution in [0.5, 0.6) is 0 Å². The van der Waals surface area contributed by atoms with Crippen LogP contribution >= 0.6 is 23.2 Å². The number of nitrogens with one attached hydrogen (secondary N) is 1. The highest BCUT2D eigenvalue weighted by Crippen LogP contribution is 2.24. The monoisotopic (exact) mass is 286 g/mol. The zero-order valence-electron chi connectivity index (χ0n) is 10.4. The molecule has 2 atom stereocenters. The van der Waals surface area contributed by atoms with Gasteiger partial charge in [0.25, 0.3) is 5.91 Å². The third kappa shape index (κ3) is 2.63. The molecule has 0 aliphatic carbocycles. The minimum Gasteiger partial charge on any atom is -0.331 e. The van der Waals surface area contributed by atoms with Crippen LogP contribution in [0, 0.1) is 0 Å². The highest BCUT2D eigenvalue weighted by molar-refractivity contribution is 6.36. The maximum Gasteiger partial charge on any atom is 0.255 e. The minimum atomic E-state index is -0.0295. The van der Waals surface area contributed by atoms with Gasteiger partial charge in [0.2, 0.25) is 0 Å².